The van der Waals surface area contributed by atoms with Gasteiger partial charge in [0, 0.05) is 37.8 Å². The van der Waals surface area contributed by atoms with Gasteiger partial charge in [0.1, 0.15) is 12.2 Å². The molecular formula is C38H44N2O5. The van der Waals surface area contributed by atoms with E-state index in [-0.39, 0.29) is 12.5 Å². The van der Waals surface area contributed by atoms with Crippen molar-refractivity contribution >= 4 is 11.9 Å². The minimum absolute atomic E-state index is 0.0969. The summed E-state index contributed by atoms with van der Waals surface area (Å²) in [5.41, 5.74) is 3.49. The molecule has 0 spiro atoms. The van der Waals surface area contributed by atoms with Gasteiger partial charge < -0.3 is 19.1 Å². The number of pyridine rings is 1. The van der Waals surface area contributed by atoms with E-state index in [1.54, 1.807) is 6.20 Å². The SMILES string of the molecule is CC(C)(C)OC(=O)COc1cc(CN(CCc2ccccn2)C(=O)CCCCc2ccccc2)ccc1OCc1ccccc1. The van der Waals surface area contributed by atoms with E-state index in [1.165, 1.54) is 5.56 Å². The Morgan fingerprint density at radius 3 is 2.13 bits per heavy atom. The number of carbonyl (C=O) groups is 2. The van der Waals surface area contributed by atoms with Gasteiger partial charge in [-0.25, -0.2) is 4.79 Å². The molecule has 0 saturated carbocycles. The minimum atomic E-state index is -0.621. The number of amides is 1. The Morgan fingerprint density at radius 1 is 0.733 bits per heavy atom. The lowest BCUT2D eigenvalue weighted by atomic mass is 10.1. The van der Waals surface area contributed by atoms with Crippen molar-refractivity contribution in [1.29, 1.82) is 0 Å². The first-order valence-corrected chi connectivity index (χ1v) is 15.6. The zero-order valence-corrected chi connectivity index (χ0v) is 26.6. The van der Waals surface area contributed by atoms with Crippen molar-refractivity contribution in [2.75, 3.05) is 13.2 Å². The van der Waals surface area contributed by atoms with Crippen LogP contribution >= 0.6 is 0 Å². The molecule has 4 rings (SSSR count). The maximum atomic E-state index is 13.5. The molecule has 0 bridgehead atoms. The molecule has 7 heteroatoms. The maximum absolute atomic E-state index is 13.5. The van der Waals surface area contributed by atoms with E-state index in [2.05, 4.69) is 17.1 Å². The van der Waals surface area contributed by atoms with Gasteiger partial charge in [-0.3, -0.25) is 9.78 Å². The van der Waals surface area contributed by atoms with Gasteiger partial charge in [-0.1, -0.05) is 72.8 Å². The second-order valence-corrected chi connectivity index (χ2v) is 12.0. The molecule has 3 aromatic carbocycles. The van der Waals surface area contributed by atoms with Crippen LogP contribution in [-0.2, 0) is 40.3 Å². The molecule has 236 valence electrons. The highest BCUT2D eigenvalue weighted by Gasteiger charge is 2.19. The largest absolute Gasteiger partial charge is 0.485 e. The Bertz CT molecular complexity index is 1470. The van der Waals surface area contributed by atoms with Crippen LogP contribution in [0.4, 0.5) is 0 Å². The molecule has 0 aliphatic carbocycles. The monoisotopic (exact) mass is 608 g/mol. The molecule has 0 fully saturated rings. The summed E-state index contributed by atoms with van der Waals surface area (Å²) in [4.78, 5) is 32.3. The third-order valence-electron chi connectivity index (χ3n) is 7.05. The Balaban J connectivity index is 1.47. The van der Waals surface area contributed by atoms with Crippen molar-refractivity contribution in [2.45, 2.75) is 71.6 Å². The standard InChI is InChI=1S/C38H44N2O5/c1-38(2,3)45-37(42)29-44-35-26-32(21-22-34(35)43-28-31-17-8-5-9-18-31)27-40(25-23-33-19-12-13-24-39-33)36(41)20-11-10-16-30-14-6-4-7-15-30/h4-9,12-15,17-19,21-22,24,26H,10-11,16,20,23,25,27-29H2,1-3H3. The van der Waals surface area contributed by atoms with Gasteiger partial charge in [-0.15, -0.1) is 0 Å². The molecular weight excluding hydrogens is 564 g/mol. The summed E-state index contributed by atoms with van der Waals surface area (Å²) in [6, 6.07) is 31.6. The first-order chi connectivity index (χ1) is 21.7. The summed E-state index contributed by atoms with van der Waals surface area (Å²) in [6.45, 7) is 6.47. The lowest BCUT2D eigenvalue weighted by Gasteiger charge is -2.24. The molecule has 1 heterocycles. The van der Waals surface area contributed by atoms with Crippen molar-refractivity contribution in [2.24, 2.45) is 0 Å². The van der Waals surface area contributed by atoms with Gasteiger partial charge in [0.05, 0.1) is 0 Å². The molecule has 0 N–H and O–H groups in total. The number of aryl methyl sites for hydroxylation is 1. The average Bonchev–Trinajstić information content (AvgIpc) is 3.04. The van der Waals surface area contributed by atoms with Crippen LogP contribution in [0.5, 0.6) is 11.5 Å². The van der Waals surface area contributed by atoms with Crippen LogP contribution in [-0.4, -0.2) is 40.5 Å². The number of esters is 1. The van der Waals surface area contributed by atoms with E-state index >= 15 is 0 Å². The van der Waals surface area contributed by atoms with Crippen LogP contribution in [0.3, 0.4) is 0 Å². The zero-order chi connectivity index (χ0) is 31.9. The quantitative estimate of drug-likeness (QED) is 0.0977. The van der Waals surface area contributed by atoms with Gasteiger partial charge in [0.2, 0.25) is 5.91 Å². The number of nitrogens with zero attached hydrogens (tertiary/aromatic N) is 2. The number of ether oxygens (including phenoxy) is 3. The Labute approximate surface area is 267 Å². The van der Waals surface area contributed by atoms with E-state index in [0.717, 1.165) is 36.1 Å². The Kier molecular flexibility index (Phi) is 12.6. The normalized spacial score (nSPS) is 11.1. The second kappa shape index (κ2) is 17.0. The maximum Gasteiger partial charge on any atom is 0.344 e. The Morgan fingerprint density at radius 2 is 1.44 bits per heavy atom. The fraction of sp³-hybridized carbons (Fsp3) is 0.342. The van der Waals surface area contributed by atoms with Crippen LogP contribution in [0.2, 0.25) is 0 Å². The average molecular weight is 609 g/mol. The van der Waals surface area contributed by atoms with Crippen molar-refractivity contribution in [3.63, 3.8) is 0 Å². The highest BCUT2D eigenvalue weighted by molar-refractivity contribution is 5.76. The summed E-state index contributed by atoms with van der Waals surface area (Å²) in [6.07, 6.45) is 5.59. The topological polar surface area (TPSA) is 78.0 Å². The predicted molar refractivity (Wildman–Crippen MR) is 176 cm³/mol. The highest BCUT2D eigenvalue weighted by atomic mass is 16.6. The summed E-state index contributed by atoms with van der Waals surface area (Å²) in [5.74, 6) is 0.567. The highest BCUT2D eigenvalue weighted by Crippen LogP contribution is 2.30. The van der Waals surface area contributed by atoms with E-state index in [0.29, 0.717) is 44.0 Å². The van der Waals surface area contributed by atoms with Crippen molar-refractivity contribution < 1.29 is 23.8 Å². The Hall–Kier alpha value is -4.65. The lowest BCUT2D eigenvalue weighted by molar-refractivity contribution is -0.157. The number of aromatic nitrogens is 1. The smallest absolute Gasteiger partial charge is 0.344 e. The fourth-order valence-electron chi connectivity index (χ4n) is 4.84. The van der Waals surface area contributed by atoms with Gasteiger partial charge in [0.25, 0.3) is 0 Å². The van der Waals surface area contributed by atoms with Gasteiger partial charge in [-0.05, 0) is 81.0 Å². The van der Waals surface area contributed by atoms with Crippen molar-refractivity contribution in [1.82, 2.24) is 9.88 Å². The number of benzene rings is 3. The number of hydrogen-bond donors (Lipinski definition) is 0. The second-order valence-electron chi connectivity index (χ2n) is 12.0. The fourth-order valence-corrected chi connectivity index (χ4v) is 4.84. The molecule has 0 aliphatic heterocycles. The molecule has 0 radical (unpaired) electrons. The molecule has 0 saturated heterocycles. The zero-order valence-electron chi connectivity index (χ0n) is 26.6. The summed E-state index contributed by atoms with van der Waals surface area (Å²) >= 11 is 0. The van der Waals surface area contributed by atoms with Crippen LogP contribution in [0.25, 0.3) is 0 Å². The number of hydrogen-bond acceptors (Lipinski definition) is 6. The van der Waals surface area contributed by atoms with E-state index in [9.17, 15) is 9.59 Å². The van der Waals surface area contributed by atoms with E-state index in [4.69, 9.17) is 14.2 Å². The molecule has 0 aliphatic rings. The van der Waals surface area contributed by atoms with E-state index in [1.807, 2.05) is 111 Å². The number of rotatable bonds is 16. The molecule has 1 aromatic heterocycles. The van der Waals surface area contributed by atoms with Crippen LogP contribution in [0, 0.1) is 0 Å². The molecule has 4 aromatic rings. The molecule has 7 nitrogen and oxygen atoms in total. The van der Waals surface area contributed by atoms with Crippen LogP contribution < -0.4 is 9.47 Å². The molecule has 0 unspecified atom stereocenters. The van der Waals surface area contributed by atoms with Crippen LogP contribution in [0.15, 0.2) is 103 Å². The molecule has 1 amide bonds. The molecule has 45 heavy (non-hydrogen) atoms. The number of carbonyl (C=O) groups excluding carboxylic acids is 2. The van der Waals surface area contributed by atoms with E-state index < -0.39 is 11.6 Å². The van der Waals surface area contributed by atoms with Crippen molar-refractivity contribution in [3.05, 3.63) is 126 Å². The summed E-state index contributed by atoms with van der Waals surface area (Å²) in [5, 5.41) is 0. The first kappa shape index (κ1) is 33.2. The summed E-state index contributed by atoms with van der Waals surface area (Å²) in [7, 11) is 0. The van der Waals surface area contributed by atoms with Gasteiger partial charge in [-0.2, -0.15) is 0 Å². The van der Waals surface area contributed by atoms with Gasteiger partial charge >= 0.3 is 5.97 Å². The third-order valence-corrected chi connectivity index (χ3v) is 7.05. The number of unbranched alkanes of at least 4 members (excludes halogenated alkanes) is 1. The summed E-state index contributed by atoms with van der Waals surface area (Å²) < 4.78 is 17.5. The van der Waals surface area contributed by atoms with Crippen molar-refractivity contribution in [3.8, 4) is 11.5 Å². The predicted octanol–water partition coefficient (Wildman–Crippen LogP) is 7.37. The van der Waals surface area contributed by atoms with Crippen LogP contribution in [0.1, 0.15) is 62.4 Å². The minimum Gasteiger partial charge on any atom is -0.485 e. The molecule has 0 atom stereocenters. The first-order valence-electron chi connectivity index (χ1n) is 15.6. The lowest BCUT2D eigenvalue weighted by Crippen LogP contribution is -2.32. The third kappa shape index (κ3) is 12.1. The van der Waals surface area contributed by atoms with Gasteiger partial charge in [0.15, 0.2) is 18.1 Å².